The quantitative estimate of drug-likeness (QED) is 0.600. The van der Waals surface area contributed by atoms with Crippen LogP contribution in [0.2, 0.25) is 0 Å². The summed E-state index contributed by atoms with van der Waals surface area (Å²) in [6.45, 7) is 0. The van der Waals surface area contributed by atoms with Gasteiger partial charge in [0.1, 0.15) is 4.64 Å². The Morgan fingerprint density at radius 3 is 1.95 bits per heavy atom. The highest BCUT2D eigenvalue weighted by Crippen LogP contribution is 2.31. The van der Waals surface area contributed by atoms with E-state index in [2.05, 4.69) is 17.2 Å². The molecule has 0 saturated heterocycles. The number of alkyl halides is 6. The third-order valence-corrected chi connectivity index (χ3v) is 2.74. The summed E-state index contributed by atoms with van der Waals surface area (Å²) in [5.74, 6) is -1.30. The predicted octanol–water partition coefficient (Wildman–Crippen LogP) is 4.84. The smallest absolute Gasteiger partial charge is 0.336 e. The number of benzene rings is 1. The lowest BCUT2D eigenvalue weighted by atomic mass is 10.1. The fourth-order valence-corrected chi connectivity index (χ4v) is 1.80. The summed E-state index contributed by atoms with van der Waals surface area (Å²) in [7, 11) is 0. The van der Waals surface area contributed by atoms with Crippen LogP contribution in [0.5, 0.6) is 0 Å². The molecule has 0 radical (unpaired) electrons. The van der Waals surface area contributed by atoms with E-state index in [4.69, 9.17) is 0 Å². The molecule has 0 aliphatic rings. The van der Waals surface area contributed by atoms with Crippen LogP contribution in [0.25, 0.3) is 11.3 Å². The number of hydrogen-bond donors (Lipinski definition) is 1. The molecule has 0 bridgehead atoms. The zero-order valence-corrected chi connectivity index (χ0v) is 10.8. The summed E-state index contributed by atoms with van der Waals surface area (Å²) in [6.07, 6.45) is -9.24. The second-order valence-electron chi connectivity index (χ2n) is 4.05. The van der Waals surface area contributed by atoms with Crippen LogP contribution >= 0.6 is 12.2 Å². The molecule has 0 fully saturated rings. The number of aromatic nitrogens is 2. The Kier molecular flexibility index (Phi) is 3.79. The van der Waals surface area contributed by atoms with Crippen LogP contribution in [0, 0.1) is 4.64 Å². The summed E-state index contributed by atoms with van der Waals surface area (Å²) in [6, 6.07) is 4.82. The molecule has 0 aliphatic heterocycles. The minimum Gasteiger partial charge on any atom is -0.336 e. The average Bonchev–Trinajstić information content (AvgIpc) is 2.36. The van der Waals surface area contributed by atoms with Crippen molar-refractivity contribution >= 4 is 12.2 Å². The molecule has 21 heavy (non-hydrogen) atoms. The molecule has 0 amide bonds. The van der Waals surface area contributed by atoms with E-state index in [1.807, 2.05) is 4.98 Å². The molecule has 0 spiro atoms. The van der Waals surface area contributed by atoms with Gasteiger partial charge in [-0.15, -0.1) is 0 Å². The first-order valence-electron chi connectivity index (χ1n) is 5.43. The molecule has 0 atom stereocenters. The second-order valence-corrected chi connectivity index (χ2v) is 4.47. The van der Waals surface area contributed by atoms with Crippen molar-refractivity contribution in [3.05, 3.63) is 46.4 Å². The van der Waals surface area contributed by atoms with Gasteiger partial charge in [-0.1, -0.05) is 24.4 Å². The average molecular weight is 324 g/mol. The molecule has 0 unspecified atom stereocenters. The van der Waals surface area contributed by atoms with E-state index < -0.39 is 23.7 Å². The van der Waals surface area contributed by atoms with Gasteiger partial charge in [0.05, 0.1) is 5.56 Å². The summed E-state index contributed by atoms with van der Waals surface area (Å²) in [5.41, 5.74) is -0.812. The van der Waals surface area contributed by atoms with Gasteiger partial charge in [-0.3, -0.25) is 0 Å². The maximum atomic E-state index is 12.6. The highest BCUT2D eigenvalue weighted by Gasteiger charge is 2.34. The van der Waals surface area contributed by atoms with Gasteiger partial charge in [-0.05, 0) is 23.8 Å². The maximum Gasteiger partial charge on any atom is 0.449 e. The number of nitrogens with zero attached hydrogens (tertiary/aromatic N) is 1. The van der Waals surface area contributed by atoms with Crippen LogP contribution in [-0.2, 0) is 12.4 Å². The number of H-pyrrole nitrogens is 1. The molecule has 9 heteroatoms. The van der Waals surface area contributed by atoms with Crippen LogP contribution in [0.1, 0.15) is 11.4 Å². The van der Waals surface area contributed by atoms with Crippen molar-refractivity contribution in [1.29, 1.82) is 0 Å². The number of rotatable bonds is 1. The SMILES string of the molecule is FC(F)(F)c1ccc(-c2cc(=S)nc(C(F)(F)F)[nH]2)cc1. The van der Waals surface area contributed by atoms with Crippen LogP contribution in [0.3, 0.4) is 0 Å². The van der Waals surface area contributed by atoms with Gasteiger partial charge in [-0.2, -0.15) is 26.3 Å². The van der Waals surface area contributed by atoms with Crippen LogP contribution < -0.4 is 0 Å². The largest absolute Gasteiger partial charge is 0.449 e. The summed E-state index contributed by atoms with van der Waals surface area (Å²) in [4.78, 5) is 5.16. The lowest BCUT2D eigenvalue weighted by Crippen LogP contribution is -2.11. The summed E-state index contributed by atoms with van der Waals surface area (Å²) < 4.78 is 74.7. The van der Waals surface area contributed by atoms with Crippen molar-refractivity contribution in [3.8, 4) is 11.3 Å². The third kappa shape index (κ3) is 3.60. The van der Waals surface area contributed by atoms with Gasteiger partial charge in [-0.25, -0.2) is 4.98 Å². The molecular weight excluding hydrogens is 318 g/mol. The number of aromatic amines is 1. The van der Waals surface area contributed by atoms with Crippen molar-refractivity contribution in [2.24, 2.45) is 0 Å². The molecule has 2 nitrogen and oxygen atoms in total. The first-order chi connectivity index (χ1) is 9.57. The Hall–Kier alpha value is -1.90. The summed E-state index contributed by atoms with van der Waals surface area (Å²) >= 11 is 4.63. The lowest BCUT2D eigenvalue weighted by molar-refractivity contribution is -0.145. The van der Waals surface area contributed by atoms with E-state index in [0.717, 1.165) is 30.3 Å². The van der Waals surface area contributed by atoms with E-state index >= 15 is 0 Å². The van der Waals surface area contributed by atoms with Crippen molar-refractivity contribution in [2.45, 2.75) is 12.4 Å². The Labute approximate surface area is 119 Å². The van der Waals surface area contributed by atoms with Crippen LogP contribution in [0.4, 0.5) is 26.3 Å². The molecule has 1 aromatic carbocycles. The van der Waals surface area contributed by atoms with Gasteiger partial charge in [0.15, 0.2) is 0 Å². The number of halogens is 6. The first-order valence-corrected chi connectivity index (χ1v) is 5.84. The van der Waals surface area contributed by atoms with Crippen molar-refractivity contribution in [2.75, 3.05) is 0 Å². The molecule has 0 saturated carbocycles. The van der Waals surface area contributed by atoms with Gasteiger partial charge < -0.3 is 4.98 Å². The van der Waals surface area contributed by atoms with Gasteiger partial charge in [0.2, 0.25) is 5.82 Å². The van der Waals surface area contributed by atoms with Crippen molar-refractivity contribution in [3.63, 3.8) is 0 Å². The highest BCUT2D eigenvalue weighted by atomic mass is 32.1. The normalized spacial score (nSPS) is 12.5. The number of hydrogen-bond acceptors (Lipinski definition) is 2. The van der Waals surface area contributed by atoms with Gasteiger partial charge in [0.25, 0.3) is 0 Å². The van der Waals surface area contributed by atoms with E-state index in [1.165, 1.54) is 0 Å². The molecule has 112 valence electrons. The van der Waals surface area contributed by atoms with E-state index in [1.54, 1.807) is 0 Å². The molecule has 2 rings (SSSR count). The Bertz CT molecular complexity index is 699. The molecule has 1 N–H and O–H groups in total. The third-order valence-electron chi connectivity index (χ3n) is 2.53. The fraction of sp³-hybridized carbons (Fsp3) is 0.167. The number of nitrogens with one attached hydrogen (secondary N) is 1. The zero-order chi connectivity index (χ0) is 15.8. The Morgan fingerprint density at radius 1 is 0.905 bits per heavy atom. The zero-order valence-electron chi connectivity index (χ0n) is 10.0. The minimum absolute atomic E-state index is 0.0592. The topological polar surface area (TPSA) is 28.7 Å². The monoisotopic (exact) mass is 324 g/mol. The molecule has 1 heterocycles. The molecular formula is C12H6F6N2S. The van der Waals surface area contributed by atoms with Crippen LogP contribution in [-0.4, -0.2) is 9.97 Å². The molecule has 1 aromatic heterocycles. The Morgan fingerprint density at radius 2 is 1.48 bits per heavy atom. The molecule has 0 aliphatic carbocycles. The second kappa shape index (κ2) is 5.14. The lowest BCUT2D eigenvalue weighted by Gasteiger charge is -2.10. The summed E-state index contributed by atoms with van der Waals surface area (Å²) in [5, 5.41) is 0. The standard InChI is InChI=1S/C12H6F6N2S/c13-11(14,15)7-3-1-6(2-4-7)8-5-9(21)20-10(19-8)12(16,17)18/h1-5H,(H,19,20,21). The van der Waals surface area contributed by atoms with Gasteiger partial charge >= 0.3 is 12.4 Å². The Balaban J connectivity index is 2.48. The van der Waals surface area contributed by atoms with E-state index in [-0.39, 0.29) is 15.9 Å². The van der Waals surface area contributed by atoms with Crippen molar-refractivity contribution < 1.29 is 26.3 Å². The van der Waals surface area contributed by atoms with Gasteiger partial charge in [0, 0.05) is 5.69 Å². The van der Waals surface area contributed by atoms with Crippen molar-refractivity contribution in [1.82, 2.24) is 9.97 Å². The highest BCUT2D eigenvalue weighted by molar-refractivity contribution is 7.71. The van der Waals surface area contributed by atoms with Crippen LogP contribution in [0.15, 0.2) is 30.3 Å². The van der Waals surface area contributed by atoms with E-state index in [9.17, 15) is 26.3 Å². The molecule has 2 aromatic rings. The fourth-order valence-electron chi connectivity index (χ4n) is 1.59. The predicted molar refractivity (Wildman–Crippen MR) is 64.9 cm³/mol. The first kappa shape index (κ1) is 15.5. The minimum atomic E-state index is -4.73. The maximum absolute atomic E-state index is 12.6. The van der Waals surface area contributed by atoms with E-state index in [0.29, 0.717) is 0 Å².